The van der Waals surface area contributed by atoms with Crippen molar-refractivity contribution in [2.45, 2.75) is 25.2 Å². The summed E-state index contributed by atoms with van der Waals surface area (Å²) in [4.78, 5) is 5.42. The van der Waals surface area contributed by atoms with Crippen LogP contribution in [0, 0.1) is 5.82 Å². The molecule has 2 N–H and O–H groups in total. The molecular weight excluding hydrogens is 439 g/mol. The van der Waals surface area contributed by atoms with Crippen molar-refractivity contribution < 1.29 is 17.6 Å². The quantitative estimate of drug-likeness (QED) is 0.314. The van der Waals surface area contributed by atoms with E-state index < -0.39 is 12.7 Å². The van der Waals surface area contributed by atoms with Gasteiger partial charge < -0.3 is 10.6 Å². The molecule has 24 heavy (non-hydrogen) atoms. The second-order valence-corrected chi connectivity index (χ2v) is 5.54. The minimum absolute atomic E-state index is 0. The third-order valence-corrected chi connectivity index (χ3v) is 3.59. The maximum atomic E-state index is 13.1. The monoisotopic (exact) mass is 460 g/mol. The number of rotatable bonds is 4. The summed E-state index contributed by atoms with van der Waals surface area (Å²) in [5.41, 5.74) is 0.762. The van der Waals surface area contributed by atoms with Gasteiger partial charge in [-0.25, -0.2) is 4.39 Å². The number of alkyl halides is 3. The zero-order chi connectivity index (χ0) is 16.9. The van der Waals surface area contributed by atoms with Gasteiger partial charge in [0.2, 0.25) is 0 Å². The number of hydrogen-bond donors (Lipinski definition) is 2. The molecule has 9 heteroatoms. The molecule has 0 amide bonds. The number of likely N-dealkylation sites (tertiary alicyclic amines) is 1. The summed E-state index contributed by atoms with van der Waals surface area (Å²) in [6.07, 6.45) is -3.55. The highest BCUT2D eigenvalue weighted by molar-refractivity contribution is 14.0. The molecule has 1 aliphatic heterocycles. The van der Waals surface area contributed by atoms with Gasteiger partial charge in [0.15, 0.2) is 5.96 Å². The molecule has 0 saturated carbocycles. The molecule has 2 rings (SSSR count). The van der Waals surface area contributed by atoms with E-state index in [4.69, 9.17) is 0 Å². The Labute approximate surface area is 155 Å². The van der Waals surface area contributed by atoms with Crippen LogP contribution in [0.15, 0.2) is 29.3 Å². The van der Waals surface area contributed by atoms with Gasteiger partial charge in [0.05, 0.1) is 6.54 Å². The van der Waals surface area contributed by atoms with Crippen LogP contribution in [-0.2, 0) is 6.54 Å². The minimum Gasteiger partial charge on any atom is -0.352 e. The Morgan fingerprint density at radius 1 is 1.38 bits per heavy atom. The normalized spacial score (nSPS) is 19.0. The molecule has 1 unspecified atom stereocenters. The van der Waals surface area contributed by atoms with Crippen LogP contribution >= 0.6 is 24.0 Å². The molecule has 0 aliphatic carbocycles. The van der Waals surface area contributed by atoms with Gasteiger partial charge >= 0.3 is 6.18 Å². The Morgan fingerprint density at radius 3 is 2.75 bits per heavy atom. The molecule has 1 heterocycles. The molecule has 1 aromatic rings. The van der Waals surface area contributed by atoms with Crippen LogP contribution in [-0.4, -0.2) is 49.8 Å². The highest BCUT2D eigenvalue weighted by Gasteiger charge is 2.34. The van der Waals surface area contributed by atoms with Gasteiger partial charge in [-0.1, -0.05) is 12.1 Å². The summed E-state index contributed by atoms with van der Waals surface area (Å²) in [6.45, 7) is 0.217. The van der Waals surface area contributed by atoms with Crippen molar-refractivity contribution in [3.8, 4) is 0 Å². The second-order valence-electron chi connectivity index (χ2n) is 5.54. The third-order valence-electron chi connectivity index (χ3n) is 3.59. The van der Waals surface area contributed by atoms with E-state index in [1.807, 2.05) is 0 Å². The first-order valence-corrected chi connectivity index (χ1v) is 7.36. The van der Waals surface area contributed by atoms with Crippen molar-refractivity contribution in [1.29, 1.82) is 0 Å². The summed E-state index contributed by atoms with van der Waals surface area (Å²) < 4.78 is 50.2. The van der Waals surface area contributed by atoms with Crippen molar-refractivity contribution >= 4 is 29.9 Å². The Kier molecular flexibility index (Phi) is 8.20. The van der Waals surface area contributed by atoms with Gasteiger partial charge in [0.25, 0.3) is 0 Å². The molecule has 1 aliphatic rings. The highest BCUT2D eigenvalue weighted by Crippen LogP contribution is 2.19. The number of nitrogens with zero attached hydrogens (tertiary/aromatic N) is 2. The fourth-order valence-electron chi connectivity index (χ4n) is 2.57. The largest absolute Gasteiger partial charge is 0.401 e. The molecule has 4 nitrogen and oxygen atoms in total. The van der Waals surface area contributed by atoms with Crippen LogP contribution in [0.4, 0.5) is 17.6 Å². The summed E-state index contributed by atoms with van der Waals surface area (Å²) >= 11 is 0. The second kappa shape index (κ2) is 9.40. The summed E-state index contributed by atoms with van der Waals surface area (Å²) in [6, 6.07) is 6.10. The lowest BCUT2D eigenvalue weighted by atomic mass is 10.2. The van der Waals surface area contributed by atoms with E-state index in [2.05, 4.69) is 15.6 Å². The fourth-order valence-corrected chi connectivity index (χ4v) is 2.57. The third kappa shape index (κ3) is 7.20. The molecule has 0 spiro atoms. The molecule has 1 atom stereocenters. The van der Waals surface area contributed by atoms with Crippen molar-refractivity contribution in [3.63, 3.8) is 0 Å². The maximum absolute atomic E-state index is 13.1. The van der Waals surface area contributed by atoms with E-state index in [0.717, 1.165) is 5.56 Å². The van der Waals surface area contributed by atoms with Crippen molar-refractivity contribution in [2.75, 3.05) is 26.7 Å². The number of hydrogen-bond acceptors (Lipinski definition) is 2. The number of guanidine groups is 1. The Morgan fingerprint density at radius 2 is 2.12 bits per heavy atom. The number of benzene rings is 1. The summed E-state index contributed by atoms with van der Waals surface area (Å²) in [5.74, 6) is 0.180. The van der Waals surface area contributed by atoms with Crippen LogP contribution in [0.1, 0.15) is 12.0 Å². The minimum atomic E-state index is -4.17. The Bertz CT molecular complexity index is 551. The van der Waals surface area contributed by atoms with Gasteiger partial charge in [-0.15, -0.1) is 24.0 Å². The van der Waals surface area contributed by atoms with Crippen LogP contribution in [0.25, 0.3) is 0 Å². The number of aliphatic imine (C=N–C) groups is 1. The zero-order valence-electron chi connectivity index (χ0n) is 13.2. The molecule has 0 aromatic heterocycles. The highest BCUT2D eigenvalue weighted by atomic mass is 127. The molecular formula is C15H21F4IN4. The summed E-state index contributed by atoms with van der Waals surface area (Å²) in [7, 11) is 1.59. The van der Waals surface area contributed by atoms with E-state index in [0.29, 0.717) is 32.0 Å². The van der Waals surface area contributed by atoms with Crippen LogP contribution in [0.2, 0.25) is 0 Å². The van der Waals surface area contributed by atoms with E-state index in [1.165, 1.54) is 17.0 Å². The average molecular weight is 460 g/mol. The molecule has 1 fully saturated rings. The lowest BCUT2D eigenvalue weighted by Crippen LogP contribution is -2.44. The lowest BCUT2D eigenvalue weighted by molar-refractivity contribution is -0.143. The molecule has 136 valence electrons. The van der Waals surface area contributed by atoms with E-state index >= 15 is 0 Å². The van der Waals surface area contributed by atoms with E-state index in [-0.39, 0.29) is 35.8 Å². The Hall–Kier alpha value is -1.10. The van der Waals surface area contributed by atoms with E-state index in [1.54, 1.807) is 19.2 Å². The van der Waals surface area contributed by atoms with Crippen molar-refractivity contribution in [1.82, 2.24) is 15.5 Å². The van der Waals surface area contributed by atoms with Crippen molar-refractivity contribution in [3.05, 3.63) is 35.6 Å². The van der Waals surface area contributed by atoms with Gasteiger partial charge in [0.1, 0.15) is 5.82 Å². The zero-order valence-corrected chi connectivity index (χ0v) is 15.6. The van der Waals surface area contributed by atoms with Gasteiger partial charge in [0, 0.05) is 32.7 Å². The Balaban J connectivity index is 0.00000288. The predicted octanol–water partition coefficient (Wildman–Crippen LogP) is 2.75. The predicted molar refractivity (Wildman–Crippen MR) is 96.0 cm³/mol. The molecule has 0 bridgehead atoms. The molecule has 0 radical (unpaired) electrons. The first-order chi connectivity index (χ1) is 10.9. The van der Waals surface area contributed by atoms with Gasteiger partial charge in [-0.2, -0.15) is 13.2 Å². The van der Waals surface area contributed by atoms with Crippen LogP contribution in [0.5, 0.6) is 0 Å². The SMILES string of the molecule is CN=C(NCc1cccc(F)c1)NC1CCN(CC(F)(F)F)C1.I. The smallest absolute Gasteiger partial charge is 0.352 e. The molecule has 1 aromatic carbocycles. The first kappa shape index (κ1) is 20.9. The van der Waals surface area contributed by atoms with Crippen molar-refractivity contribution in [2.24, 2.45) is 4.99 Å². The van der Waals surface area contributed by atoms with Gasteiger partial charge in [-0.3, -0.25) is 9.89 Å². The van der Waals surface area contributed by atoms with Crippen LogP contribution < -0.4 is 10.6 Å². The standard InChI is InChI=1S/C15H20F4N4.HI/c1-20-14(21-8-11-3-2-4-12(16)7-11)22-13-5-6-23(9-13)10-15(17,18)19;/h2-4,7,13H,5-6,8-10H2,1H3,(H2,20,21,22);1H. The first-order valence-electron chi connectivity index (χ1n) is 7.36. The number of halogens is 5. The topological polar surface area (TPSA) is 39.7 Å². The molecule has 1 saturated heterocycles. The van der Waals surface area contributed by atoms with Crippen LogP contribution in [0.3, 0.4) is 0 Å². The fraction of sp³-hybridized carbons (Fsp3) is 0.533. The number of nitrogens with one attached hydrogen (secondary N) is 2. The van der Waals surface area contributed by atoms with E-state index in [9.17, 15) is 17.6 Å². The summed E-state index contributed by atoms with van der Waals surface area (Å²) in [5, 5.41) is 6.14. The maximum Gasteiger partial charge on any atom is 0.401 e. The average Bonchev–Trinajstić information content (AvgIpc) is 2.88. The lowest BCUT2D eigenvalue weighted by Gasteiger charge is -2.19. The van der Waals surface area contributed by atoms with Gasteiger partial charge in [-0.05, 0) is 24.1 Å².